The molecule has 1 amide bonds. The number of benzene rings is 1. The van der Waals surface area contributed by atoms with Crippen LogP contribution in [0.2, 0.25) is 0 Å². The number of rotatable bonds is 3. The van der Waals surface area contributed by atoms with Crippen molar-refractivity contribution in [3.05, 3.63) is 23.8 Å². The molecule has 2 aromatic rings. The fraction of sp³-hybridized carbons (Fsp3) is 0.231. The van der Waals surface area contributed by atoms with E-state index in [4.69, 9.17) is 9.94 Å². The van der Waals surface area contributed by atoms with Crippen LogP contribution in [0, 0.1) is 6.92 Å². The van der Waals surface area contributed by atoms with E-state index in [1.165, 1.54) is 11.3 Å². The lowest BCUT2D eigenvalue weighted by molar-refractivity contribution is -0.129. The average molecular weight is 305 g/mol. The predicted molar refractivity (Wildman–Crippen MR) is 77.5 cm³/mol. The van der Waals surface area contributed by atoms with E-state index in [1.54, 1.807) is 0 Å². The number of carboxylic acids is 1. The van der Waals surface area contributed by atoms with Gasteiger partial charge in [-0.05, 0) is 24.6 Å². The number of amides is 1. The van der Waals surface area contributed by atoms with Gasteiger partial charge in [0.25, 0.3) is 5.91 Å². The Morgan fingerprint density at radius 3 is 3.00 bits per heavy atom. The summed E-state index contributed by atoms with van der Waals surface area (Å²) in [5.74, 6) is -1.63. The maximum absolute atomic E-state index is 12.0. The molecule has 1 aliphatic heterocycles. The summed E-state index contributed by atoms with van der Waals surface area (Å²) >= 11 is 1.35. The van der Waals surface area contributed by atoms with Crippen molar-refractivity contribution < 1.29 is 19.5 Å². The van der Waals surface area contributed by atoms with E-state index in [-0.39, 0.29) is 12.1 Å². The Morgan fingerprint density at radius 2 is 2.29 bits per heavy atom. The number of aromatic nitrogens is 1. The number of carboxylic acid groups (broad SMARTS) is 1. The van der Waals surface area contributed by atoms with Crippen molar-refractivity contribution in [1.82, 2.24) is 4.98 Å². The zero-order valence-corrected chi connectivity index (χ0v) is 11.8. The van der Waals surface area contributed by atoms with Crippen molar-refractivity contribution in [2.45, 2.75) is 19.4 Å². The van der Waals surface area contributed by atoms with E-state index in [1.807, 2.05) is 25.1 Å². The van der Waals surface area contributed by atoms with Crippen LogP contribution in [0.15, 0.2) is 23.4 Å². The molecule has 0 aliphatic carbocycles. The molecule has 0 saturated heterocycles. The highest BCUT2D eigenvalue weighted by atomic mass is 32.1. The number of thiazole rings is 1. The number of hydrogen-bond donors (Lipinski definition) is 2. The fourth-order valence-corrected chi connectivity index (χ4v) is 2.88. The molecule has 3 rings (SSSR count). The largest absolute Gasteiger partial charge is 0.477 e. The van der Waals surface area contributed by atoms with Crippen molar-refractivity contribution in [2.75, 3.05) is 5.32 Å². The molecule has 0 bridgehead atoms. The van der Waals surface area contributed by atoms with Gasteiger partial charge in [-0.3, -0.25) is 10.1 Å². The quantitative estimate of drug-likeness (QED) is 0.900. The third kappa shape index (κ3) is 2.70. The second kappa shape index (κ2) is 5.13. The van der Waals surface area contributed by atoms with E-state index in [2.05, 4.69) is 15.5 Å². The first-order valence-corrected chi connectivity index (χ1v) is 6.98. The molecule has 1 aromatic carbocycles. The normalized spacial score (nSPS) is 17.4. The Morgan fingerprint density at radius 1 is 1.48 bits per heavy atom. The minimum Gasteiger partial charge on any atom is -0.477 e. The monoisotopic (exact) mass is 305 g/mol. The third-order valence-corrected chi connectivity index (χ3v) is 3.92. The number of aryl methyl sites for hydroxylation is 1. The van der Waals surface area contributed by atoms with Crippen LogP contribution >= 0.6 is 11.3 Å². The fourth-order valence-electron chi connectivity index (χ4n) is 1.92. The van der Waals surface area contributed by atoms with Gasteiger partial charge in [-0.15, -0.1) is 0 Å². The Bertz CT molecular complexity index is 768. The van der Waals surface area contributed by atoms with Crippen LogP contribution in [0.25, 0.3) is 10.2 Å². The van der Waals surface area contributed by atoms with Crippen molar-refractivity contribution in [2.24, 2.45) is 5.16 Å². The molecular weight excluding hydrogens is 294 g/mol. The molecule has 0 spiro atoms. The summed E-state index contributed by atoms with van der Waals surface area (Å²) in [6.07, 6.45) is -0.976. The van der Waals surface area contributed by atoms with Crippen LogP contribution in [0.5, 0.6) is 0 Å². The Kier molecular flexibility index (Phi) is 3.30. The topological polar surface area (TPSA) is 101 Å². The number of carbonyl (C=O) groups is 2. The van der Waals surface area contributed by atoms with Crippen LogP contribution in [0.1, 0.15) is 12.0 Å². The van der Waals surface area contributed by atoms with Gasteiger partial charge < -0.3 is 9.94 Å². The van der Waals surface area contributed by atoms with Crippen LogP contribution in [0.4, 0.5) is 5.13 Å². The van der Waals surface area contributed by atoms with Gasteiger partial charge in [-0.25, -0.2) is 9.78 Å². The number of anilines is 1. The molecular formula is C13H11N3O4S. The second-order valence-electron chi connectivity index (χ2n) is 4.62. The first-order valence-electron chi connectivity index (χ1n) is 6.17. The standard InChI is InChI=1S/C13H11N3O4S/c1-6-2-3-7-10(4-6)21-13(14-7)15-11(17)9-5-8(12(18)19)16-20-9/h2-4,9H,5H2,1H3,(H,18,19)(H,14,15,17). The van der Waals surface area contributed by atoms with Crippen molar-refractivity contribution >= 4 is 44.3 Å². The number of nitrogens with one attached hydrogen (secondary N) is 1. The number of carbonyl (C=O) groups excluding carboxylic acids is 1. The van der Waals surface area contributed by atoms with Crippen LogP contribution in [-0.4, -0.2) is 33.8 Å². The molecule has 1 unspecified atom stereocenters. The summed E-state index contributed by atoms with van der Waals surface area (Å²) < 4.78 is 0.972. The van der Waals surface area contributed by atoms with Gasteiger partial charge in [0.2, 0.25) is 6.10 Å². The molecule has 21 heavy (non-hydrogen) atoms. The lowest BCUT2D eigenvalue weighted by Crippen LogP contribution is -2.28. The minimum atomic E-state index is -1.18. The van der Waals surface area contributed by atoms with E-state index < -0.39 is 18.0 Å². The Balaban J connectivity index is 1.71. The first kappa shape index (κ1) is 13.5. The zero-order valence-electron chi connectivity index (χ0n) is 11.0. The van der Waals surface area contributed by atoms with Crippen LogP contribution in [-0.2, 0) is 14.4 Å². The molecule has 2 N–H and O–H groups in total. The molecule has 0 saturated carbocycles. The predicted octanol–water partition coefficient (Wildman–Crippen LogP) is 1.77. The number of fused-ring (bicyclic) bond motifs is 1. The average Bonchev–Trinajstić information content (AvgIpc) is 3.03. The molecule has 7 nitrogen and oxygen atoms in total. The van der Waals surface area contributed by atoms with Gasteiger partial charge in [-0.2, -0.15) is 0 Å². The SMILES string of the molecule is Cc1ccc2nc(NC(=O)C3CC(C(=O)O)=NO3)sc2c1. The van der Waals surface area contributed by atoms with Gasteiger partial charge in [0.15, 0.2) is 10.8 Å². The molecule has 2 heterocycles. The van der Waals surface area contributed by atoms with Gasteiger partial charge in [-0.1, -0.05) is 22.6 Å². The molecule has 8 heteroatoms. The number of hydrogen-bond acceptors (Lipinski definition) is 6. The van der Waals surface area contributed by atoms with Crippen molar-refractivity contribution in [3.63, 3.8) is 0 Å². The molecule has 108 valence electrons. The van der Waals surface area contributed by atoms with Crippen LogP contribution < -0.4 is 5.32 Å². The molecule has 0 fully saturated rings. The highest BCUT2D eigenvalue weighted by Gasteiger charge is 2.31. The maximum atomic E-state index is 12.0. The van der Waals surface area contributed by atoms with Gasteiger partial charge in [0, 0.05) is 6.42 Å². The van der Waals surface area contributed by atoms with E-state index in [0.717, 1.165) is 15.8 Å². The molecule has 0 radical (unpaired) electrons. The summed E-state index contributed by atoms with van der Waals surface area (Å²) in [6, 6.07) is 5.82. The Labute approximate surface area is 123 Å². The third-order valence-electron chi connectivity index (χ3n) is 2.98. The molecule has 1 aromatic heterocycles. The maximum Gasteiger partial charge on any atom is 0.353 e. The second-order valence-corrected chi connectivity index (χ2v) is 5.65. The summed E-state index contributed by atoms with van der Waals surface area (Å²) in [5, 5.41) is 15.2. The van der Waals surface area contributed by atoms with E-state index in [9.17, 15) is 9.59 Å². The minimum absolute atomic E-state index is 0.0504. The van der Waals surface area contributed by atoms with Gasteiger partial charge in [0.1, 0.15) is 0 Å². The Hall–Kier alpha value is -2.48. The highest BCUT2D eigenvalue weighted by molar-refractivity contribution is 7.22. The summed E-state index contributed by atoms with van der Waals surface area (Å²) in [5.41, 5.74) is 1.76. The zero-order chi connectivity index (χ0) is 15.0. The number of aliphatic carboxylic acids is 1. The molecule has 1 atom stereocenters. The number of nitrogens with zero attached hydrogens (tertiary/aromatic N) is 2. The van der Waals surface area contributed by atoms with Crippen LogP contribution in [0.3, 0.4) is 0 Å². The number of oxime groups is 1. The van der Waals surface area contributed by atoms with Crippen molar-refractivity contribution in [3.8, 4) is 0 Å². The highest BCUT2D eigenvalue weighted by Crippen LogP contribution is 2.27. The lowest BCUT2D eigenvalue weighted by Gasteiger charge is -2.06. The summed E-state index contributed by atoms with van der Waals surface area (Å²) in [7, 11) is 0. The van der Waals surface area contributed by atoms with E-state index in [0.29, 0.717) is 5.13 Å². The molecule has 1 aliphatic rings. The lowest BCUT2D eigenvalue weighted by atomic mass is 10.2. The van der Waals surface area contributed by atoms with Crippen molar-refractivity contribution in [1.29, 1.82) is 0 Å². The summed E-state index contributed by atoms with van der Waals surface area (Å²) in [4.78, 5) is 31.8. The van der Waals surface area contributed by atoms with Gasteiger partial charge in [0.05, 0.1) is 10.2 Å². The van der Waals surface area contributed by atoms with E-state index >= 15 is 0 Å². The summed E-state index contributed by atoms with van der Waals surface area (Å²) in [6.45, 7) is 1.98. The first-order chi connectivity index (χ1) is 10.0. The smallest absolute Gasteiger partial charge is 0.353 e. The van der Waals surface area contributed by atoms with Gasteiger partial charge >= 0.3 is 5.97 Å².